The third-order valence-electron chi connectivity index (χ3n) is 3.63. The van der Waals surface area contributed by atoms with Crippen LogP contribution >= 0.6 is 11.6 Å². The van der Waals surface area contributed by atoms with Crippen molar-refractivity contribution in [1.82, 2.24) is 4.31 Å². The van der Waals surface area contributed by atoms with E-state index in [9.17, 15) is 8.42 Å². The van der Waals surface area contributed by atoms with Gasteiger partial charge in [-0.3, -0.25) is 0 Å². The molecule has 5 nitrogen and oxygen atoms in total. The van der Waals surface area contributed by atoms with Gasteiger partial charge in [-0.15, -0.1) is 0 Å². The van der Waals surface area contributed by atoms with Gasteiger partial charge in [0, 0.05) is 19.7 Å². The smallest absolute Gasteiger partial charge is 0.243 e. The maximum absolute atomic E-state index is 12.6. The fraction of sp³-hybridized carbons (Fsp3) is 0.538. The van der Waals surface area contributed by atoms with Crippen molar-refractivity contribution in [3.05, 3.63) is 23.2 Å². The van der Waals surface area contributed by atoms with Gasteiger partial charge in [0.25, 0.3) is 0 Å². The van der Waals surface area contributed by atoms with Crippen molar-refractivity contribution in [3.63, 3.8) is 0 Å². The number of nitrogens with zero attached hydrogens (tertiary/aromatic N) is 1. The summed E-state index contributed by atoms with van der Waals surface area (Å²) in [6, 6.07) is 4.37. The van der Waals surface area contributed by atoms with Gasteiger partial charge in [-0.25, -0.2) is 8.42 Å². The zero-order valence-electron chi connectivity index (χ0n) is 11.1. The number of nitrogens with two attached hydrogens (primary N) is 1. The van der Waals surface area contributed by atoms with Crippen molar-refractivity contribution in [2.45, 2.75) is 24.2 Å². The summed E-state index contributed by atoms with van der Waals surface area (Å²) in [5.41, 5.74) is 5.97. The molecule has 1 aromatic rings. The van der Waals surface area contributed by atoms with E-state index < -0.39 is 10.0 Å². The second-order valence-corrected chi connectivity index (χ2v) is 7.41. The summed E-state index contributed by atoms with van der Waals surface area (Å²) in [5, 5.41) is 9.24. The maximum Gasteiger partial charge on any atom is 0.243 e. The lowest BCUT2D eigenvalue weighted by Gasteiger charge is -2.31. The molecule has 20 heavy (non-hydrogen) atoms. The Kier molecular flexibility index (Phi) is 4.90. The van der Waals surface area contributed by atoms with E-state index in [-0.39, 0.29) is 22.4 Å². The molecule has 1 atom stereocenters. The van der Waals surface area contributed by atoms with Gasteiger partial charge in [0.05, 0.1) is 15.6 Å². The Bertz CT molecular complexity index is 575. The van der Waals surface area contributed by atoms with E-state index in [0.717, 1.165) is 12.8 Å². The lowest BCUT2D eigenvalue weighted by molar-refractivity contribution is 0.203. The predicted molar refractivity (Wildman–Crippen MR) is 79.1 cm³/mol. The van der Waals surface area contributed by atoms with Crippen molar-refractivity contribution >= 4 is 27.3 Å². The first-order valence-electron chi connectivity index (χ1n) is 6.61. The monoisotopic (exact) mass is 318 g/mol. The molecule has 0 amide bonds. The third-order valence-corrected chi connectivity index (χ3v) is 5.82. The first-order valence-corrected chi connectivity index (χ1v) is 8.43. The van der Waals surface area contributed by atoms with E-state index in [2.05, 4.69) is 0 Å². The third kappa shape index (κ3) is 3.25. The highest BCUT2D eigenvalue weighted by atomic mass is 35.5. The van der Waals surface area contributed by atoms with Gasteiger partial charge in [0.15, 0.2) is 0 Å². The fourth-order valence-corrected chi connectivity index (χ4v) is 4.31. The van der Waals surface area contributed by atoms with E-state index >= 15 is 0 Å². The second kappa shape index (κ2) is 6.30. The number of nitrogen functional groups attached to an aromatic ring is 1. The van der Waals surface area contributed by atoms with Crippen LogP contribution in [0, 0.1) is 5.92 Å². The van der Waals surface area contributed by atoms with Crippen LogP contribution in [0.3, 0.4) is 0 Å². The number of benzene rings is 1. The van der Waals surface area contributed by atoms with E-state index in [0.29, 0.717) is 25.2 Å². The molecule has 0 aliphatic carbocycles. The number of hydrogen-bond donors (Lipinski definition) is 2. The number of aliphatic hydroxyl groups is 1. The Hall–Kier alpha value is -0.820. The molecule has 1 heterocycles. The minimum absolute atomic E-state index is 0.0895. The second-order valence-electron chi connectivity index (χ2n) is 5.07. The van der Waals surface area contributed by atoms with Crippen molar-refractivity contribution in [1.29, 1.82) is 0 Å². The van der Waals surface area contributed by atoms with Crippen LogP contribution < -0.4 is 5.73 Å². The number of sulfonamides is 1. The highest BCUT2D eigenvalue weighted by Gasteiger charge is 2.30. The summed E-state index contributed by atoms with van der Waals surface area (Å²) in [4.78, 5) is 0.168. The van der Waals surface area contributed by atoms with Crippen molar-refractivity contribution in [2.24, 2.45) is 5.92 Å². The molecule has 7 heteroatoms. The number of halogens is 1. The summed E-state index contributed by atoms with van der Waals surface area (Å²) in [6.07, 6.45) is 2.40. The van der Waals surface area contributed by atoms with Crippen LogP contribution in [0.4, 0.5) is 5.69 Å². The first kappa shape index (κ1) is 15.6. The lowest BCUT2D eigenvalue weighted by Crippen LogP contribution is -2.40. The molecule has 1 aromatic carbocycles. The molecular weight excluding hydrogens is 300 g/mol. The van der Waals surface area contributed by atoms with Gasteiger partial charge in [0.1, 0.15) is 0 Å². The van der Waals surface area contributed by atoms with Gasteiger partial charge >= 0.3 is 0 Å². The van der Waals surface area contributed by atoms with Crippen LogP contribution in [0.5, 0.6) is 0 Å². The fourth-order valence-electron chi connectivity index (χ4n) is 2.48. The van der Waals surface area contributed by atoms with Crippen LogP contribution in [0.15, 0.2) is 23.1 Å². The van der Waals surface area contributed by atoms with E-state index in [1.807, 2.05) is 0 Å². The number of piperidine rings is 1. The topological polar surface area (TPSA) is 83.6 Å². The largest absolute Gasteiger partial charge is 0.398 e. The SMILES string of the molecule is Nc1ccc(S(=O)(=O)N2CCCC(CCO)C2)cc1Cl. The minimum Gasteiger partial charge on any atom is -0.398 e. The van der Waals surface area contributed by atoms with Crippen LogP contribution in [-0.2, 0) is 10.0 Å². The van der Waals surface area contributed by atoms with Gasteiger partial charge in [-0.1, -0.05) is 11.6 Å². The van der Waals surface area contributed by atoms with E-state index in [1.165, 1.54) is 22.5 Å². The van der Waals surface area contributed by atoms with Crippen molar-refractivity contribution in [3.8, 4) is 0 Å². The van der Waals surface area contributed by atoms with Gasteiger partial charge in [0.2, 0.25) is 10.0 Å². The number of anilines is 1. The average molecular weight is 319 g/mol. The molecule has 0 aromatic heterocycles. The lowest BCUT2D eigenvalue weighted by atomic mass is 9.97. The summed E-state index contributed by atoms with van der Waals surface area (Å²) in [7, 11) is -3.54. The molecule has 2 rings (SSSR count). The van der Waals surface area contributed by atoms with Crippen LogP contribution in [0.2, 0.25) is 5.02 Å². The molecule has 1 fully saturated rings. The van der Waals surface area contributed by atoms with E-state index in [1.54, 1.807) is 0 Å². The molecule has 0 spiro atoms. The number of aliphatic hydroxyl groups excluding tert-OH is 1. The molecule has 1 unspecified atom stereocenters. The summed E-state index contributed by atoms with van der Waals surface area (Å²) >= 11 is 5.90. The van der Waals surface area contributed by atoms with Crippen molar-refractivity contribution < 1.29 is 13.5 Å². The summed E-state index contributed by atoms with van der Waals surface area (Å²) in [6.45, 7) is 1.05. The molecule has 1 aliphatic heterocycles. The summed E-state index contributed by atoms with van der Waals surface area (Å²) in [5.74, 6) is 0.216. The quantitative estimate of drug-likeness (QED) is 0.828. The Morgan fingerprint density at radius 3 is 2.85 bits per heavy atom. The Morgan fingerprint density at radius 1 is 1.45 bits per heavy atom. The highest BCUT2D eigenvalue weighted by Crippen LogP contribution is 2.28. The average Bonchev–Trinajstić information content (AvgIpc) is 2.42. The normalized spacial score (nSPS) is 21.0. The van der Waals surface area contributed by atoms with Gasteiger partial charge in [-0.05, 0) is 43.4 Å². The zero-order chi connectivity index (χ0) is 14.8. The molecule has 3 N–H and O–H groups in total. The van der Waals surface area contributed by atoms with Crippen LogP contribution in [0.1, 0.15) is 19.3 Å². The minimum atomic E-state index is -3.54. The van der Waals surface area contributed by atoms with Crippen LogP contribution in [0.25, 0.3) is 0 Å². The molecule has 112 valence electrons. The highest BCUT2D eigenvalue weighted by molar-refractivity contribution is 7.89. The Balaban J connectivity index is 2.23. The molecule has 0 saturated carbocycles. The zero-order valence-corrected chi connectivity index (χ0v) is 12.7. The van der Waals surface area contributed by atoms with Gasteiger partial charge in [-0.2, -0.15) is 4.31 Å². The Labute approximate surface area is 124 Å². The first-order chi connectivity index (χ1) is 9.45. The molecular formula is C13H19ClN2O3S. The van der Waals surface area contributed by atoms with Crippen LogP contribution in [-0.4, -0.2) is 37.5 Å². The summed E-state index contributed by atoms with van der Waals surface area (Å²) < 4.78 is 26.6. The number of rotatable bonds is 4. The van der Waals surface area contributed by atoms with E-state index in [4.69, 9.17) is 22.4 Å². The number of hydrogen-bond acceptors (Lipinski definition) is 4. The molecule has 0 bridgehead atoms. The Morgan fingerprint density at radius 2 is 2.20 bits per heavy atom. The predicted octanol–water partition coefficient (Wildman–Crippen LogP) is 1.71. The molecule has 1 saturated heterocycles. The van der Waals surface area contributed by atoms with Gasteiger partial charge < -0.3 is 10.8 Å². The van der Waals surface area contributed by atoms with Crippen molar-refractivity contribution in [2.75, 3.05) is 25.4 Å². The molecule has 0 radical (unpaired) electrons. The molecule has 1 aliphatic rings. The maximum atomic E-state index is 12.6. The standard InChI is InChI=1S/C13H19ClN2O3S/c14-12-8-11(3-4-13(12)15)20(18,19)16-6-1-2-10(9-16)5-7-17/h3-4,8,10,17H,1-2,5-7,9,15H2.